The molecule has 5 nitrogen and oxygen atoms in total. The molecular weight excluding hydrogens is 314 g/mol. The highest BCUT2D eigenvalue weighted by molar-refractivity contribution is 5.90. The van der Waals surface area contributed by atoms with Gasteiger partial charge < -0.3 is 10.5 Å². The molecule has 2 heterocycles. The van der Waals surface area contributed by atoms with Crippen LogP contribution < -0.4 is 5.73 Å². The summed E-state index contributed by atoms with van der Waals surface area (Å²) in [6, 6.07) is 4.64. The van der Waals surface area contributed by atoms with Crippen molar-refractivity contribution in [3.8, 4) is 0 Å². The largest absolute Gasteiger partial charge is 0.373 e. The Kier molecular flexibility index (Phi) is 4.54. The van der Waals surface area contributed by atoms with E-state index in [4.69, 9.17) is 10.5 Å². The summed E-state index contributed by atoms with van der Waals surface area (Å²) in [5.74, 6) is 0.462. The fraction of sp³-hybridized carbons (Fsp3) is 0.700. The Hall–Kier alpha value is -1.46. The minimum Gasteiger partial charge on any atom is -0.373 e. The van der Waals surface area contributed by atoms with Crippen LogP contribution in [0.3, 0.4) is 0 Å². The summed E-state index contributed by atoms with van der Waals surface area (Å²) in [5, 5.41) is 0. The van der Waals surface area contributed by atoms with E-state index in [1.54, 1.807) is 6.20 Å². The molecule has 2 saturated carbocycles. The second-order valence-corrected chi connectivity index (χ2v) is 8.01. The van der Waals surface area contributed by atoms with Gasteiger partial charge >= 0.3 is 0 Å². The topological polar surface area (TPSA) is 68.5 Å². The molecule has 2 N–H and O–H groups in total. The number of ether oxygens (including phenoxy) is 1. The molecule has 4 rings (SSSR count). The van der Waals surface area contributed by atoms with Crippen LogP contribution in [-0.4, -0.2) is 42.0 Å². The highest BCUT2D eigenvalue weighted by Gasteiger charge is 2.54. The van der Waals surface area contributed by atoms with Crippen LogP contribution in [0.5, 0.6) is 0 Å². The molecule has 25 heavy (non-hydrogen) atoms. The number of hydrogen-bond donors (Lipinski definition) is 1. The lowest BCUT2D eigenvalue weighted by molar-refractivity contribution is -0.174. The maximum atomic E-state index is 11.6. The second kappa shape index (κ2) is 6.69. The third-order valence-electron chi connectivity index (χ3n) is 6.87. The number of carbonyl (C=O) groups excluding carboxylic acids is 1. The molecule has 3 aliphatic rings. The maximum absolute atomic E-state index is 11.6. The zero-order valence-electron chi connectivity index (χ0n) is 15.1. The van der Waals surface area contributed by atoms with E-state index in [0.29, 0.717) is 17.5 Å². The number of hydrogen-bond acceptors (Lipinski definition) is 4. The van der Waals surface area contributed by atoms with Crippen LogP contribution in [-0.2, 0) is 10.3 Å². The van der Waals surface area contributed by atoms with Crippen molar-refractivity contribution < 1.29 is 9.53 Å². The lowest BCUT2D eigenvalue weighted by atomic mass is 9.62. The summed E-state index contributed by atoms with van der Waals surface area (Å²) in [5.41, 5.74) is 6.58. The van der Waals surface area contributed by atoms with Crippen molar-refractivity contribution in [2.75, 3.05) is 20.2 Å². The Labute approximate surface area is 149 Å². The SMILES string of the molecule is CO[C@]1(c2ccnc(C(N)=O)c2)[C@@H]2CCC[C@H]1CN(C1CCCC1)C2. The second-order valence-electron chi connectivity index (χ2n) is 8.01. The lowest BCUT2D eigenvalue weighted by Gasteiger charge is -2.56. The Bertz CT molecular complexity index is 628. The van der Waals surface area contributed by atoms with Crippen molar-refractivity contribution in [2.24, 2.45) is 17.6 Å². The normalized spacial score (nSPS) is 33.5. The molecule has 1 aromatic rings. The minimum absolute atomic E-state index is 0.305. The number of carbonyl (C=O) groups is 1. The number of methoxy groups -OCH3 is 1. The van der Waals surface area contributed by atoms with E-state index in [-0.39, 0.29) is 5.60 Å². The van der Waals surface area contributed by atoms with Gasteiger partial charge in [-0.25, -0.2) is 0 Å². The van der Waals surface area contributed by atoms with Crippen molar-refractivity contribution >= 4 is 5.91 Å². The van der Waals surface area contributed by atoms with E-state index in [1.807, 2.05) is 19.2 Å². The first-order valence-electron chi connectivity index (χ1n) is 9.70. The van der Waals surface area contributed by atoms with Gasteiger partial charge in [0.05, 0.1) is 0 Å². The van der Waals surface area contributed by atoms with E-state index in [9.17, 15) is 4.79 Å². The van der Waals surface area contributed by atoms with Gasteiger partial charge in [0.25, 0.3) is 5.91 Å². The fourth-order valence-corrected chi connectivity index (χ4v) is 5.77. The highest BCUT2D eigenvalue weighted by atomic mass is 16.5. The van der Waals surface area contributed by atoms with Crippen molar-refractivity contribution in [3.05, 3.63) is 29.6 Å². The molecule has 0 unspecified atom stereocenters. The van der Waals surface area contributed by atoms with Gasteiger partial charge in [-0.05, 0) is 43.4 Å². The lowest BCUT2D eigenvalue weighted by Crippen LogP contribution is -2.60. The van der Waals surface area contributed by atoms with Crippen LogP contribution >= 0.6 is 0 Å². The average molecular weight is 343 g/mol. The van der Waals surface area contributed by atoms with Gasteiger partial charge in [-0.1, -0.05) is 19.3 Å². The molecule has 2 bridgehead atoms. The van der Waals surface area contributed by atoms with E-state index >= 15 is 0 Å². The molecule has 1 saturated heterocycles. The van der Waals surface area contributed by atoms with Gasteiger partial charge in [-0.15, -0.1) is 0 Å². The Morgan fingerprint density at radius 2 is 1.88 bits per heavy atom. The van der Waals surface area contributed by atoms with Gasteiger partial charge in [0.2, 0.25) is 0 Å². The van der Waals surface area contributed by atoms with Crippen LogP contribution in [0.1, 0.15) is 61.0 Å². The van der Waals surface area contributed by atoms with Gasteiger partial charge in [-0.3, -0.25) is 14.7 Å². The van der Waals surface area contributed by atoms with Crippen molar-refractivity contribution in [1.29, 1.82) is 0 Å². The molecule has 0 aromatic carbocycles. The van der Waals surface area contributed by atoms with Crippen LogP contribution in [0, 0.1) is 11.8 Å². The fourth-order valence-electron chi connectivity index (χ4n) is 5.77. The van der Waals surface area contributed by atoms with E-state index in [2.05, 4.69) is 9.88 Å². The first-order chi connectivity index (χ1) is 12.1. The minimum atomic E-state index is -0.471. The molecule has 3 atom stereocenters. The molecule has 0 radical (unpaired) electrons. The van der Waals surface area contributed by atoms with Crippen LogP contribution in [0.25, 0.3) is 0 Å². The van der Waals surface area contributed by atoms with E-state index in [0.717, 1.165) is 24.7 Å². The summed E-state index contributed by atoms with van der Waals surface area (Å²) >= 11 is 0. The predicted octanol–water partition coefficient (Wildman–Crippen LogP) is 2.70. The van der Waals surface area contributed by atoms with Gasteiger partial charge in [-0.2, -0.15) is 0 Å². The Morgan fingerprint density at radius 1 is 1.20 bits per heavy atom. The molecule has 1 amide bonds. The number of rotatable bonds is 4. The first-order valence-corrected chi connectivity index (χ1v) is 9.70. The van der Waals surface area contributed by atoms with Crippen molar-refractivity contribution in [2.45, 2.75) is 56.6 Å². The van der Waals surface area contributed by atoms with Crippen LogP contribution in [0.15, 0.2) is 18.3 Å². The first kappa shape index (κ1) is 17.0. The predicted molar refractivity (Wildman–Crippen MR) is 96.1 cm³/mol. The number of aromatic nitrogens is 1. The van der Waals surface area contributed by atoms with Crippen molar-refractivity contribution in [1.82, 2.24) is 9.88 Å². The summed E-state index contributed by atoms with van der Waals surface area (Å²) in [7, 11) is 1.83. The molecule has 3 fully saturated rings. The zero-order valence-corrected chi connectivity index (χ0v) is 15.1. The number of fused-ring (bicyclic) bond motifs is 2. The number of piperidine rings is 1. The van der Waals surface area contributed by atoms with Gasteiger partial charge in [0.15, 0.2) is 0 Å². The number of primary amides is 1. The van der Waals surface area contributed by atoms with E-state index in [1.165, 1.54) is 44.9 Å². The molecule has 2 aliphatic carbocycles. The third kappa shape index (κ3) is 2.77. The highest BCUT2D eigenvalue weighted by Crippen LogP contribution is 2.52. The Balaban J connectivity index is 1.69. The smallest absolute Gasteiger partial charge is 0.267 e. The summed E-state index contributed by atoms with van der Waals surface area (Å²) in [4.78, 5) is 18.5. The maximum Gasteiger partial charge on any atom is 0.267 e. The van der Waals surface area contributed by atoms with E-state index < -0.39 is 5.91 Å². The average Bonchev–Trinajstić information content (AvgIpc) is 3.15. The van der Waals surface area contributed by atoms with Crippen LogP contribution in [0.2, 0.25) is 0 Å². The van der Waals surface area contributed by atoms with Crippen LogP contribution in [0.4, 0.5) is 0 Å². The van der Waals surface area contributed by atoms with Gasteiger partial charge in [0.1, 0.15) is 11.3 Å². The quantitative estimate of drug-likeness (QED) is 0.913. The monoisotopic (exact) mass is 343 g/mol. The van der Waals surface area contributed by atoms with Gasteiger partial charge in [0, 0.05) is 44.3 Å². The number of pyridine rings is 1. The summed E-state index contributed by atoms with van der Waals surface area (Å²) in [6.07, 6.45) is 10.8. The molecule has 1 aliphatic heterocycles. The number of amides is 1. The zero-order chi connectivity index (χ0) is 17.4. The Morgan fingerprint density at radius 3 is 2.48 bits per heavy atom. The molecule has 5 heteroatoms. The standard InChI is InChI=1S/C20H29N3O2/c1-25-20(14-9-10-22-18(11-14)19(21)24)15-5-4-6-16(20)13-23(12-15)17-7-2-3-8-17/h9-11,15-17H,2-8,12-13H2,1H3,(H2,21,24)/t15-,16+,20-. The molecule has 0 spiro atoms. The molecule has 136 valence electrons. The molecular formula is C20H29N3O2. The number of nitrogens with two attached hydrogens (primary N) is 1. The number of likely N-dealkylation sites (tertiary alicyclic amines) is 1. The molecule has 1 aromatic heterocycles. The third-order valence-corrected chi connectivity index (χ3v) is 6.87. The van der Waals surface area contributed by atoms with Crippen molar-refractivity contribution in [3.63, 3.8) is 0 Å². The summed E-state index contributed by atoms with van der Waals surface area (Å²) in [6.45, 7) is 2.20. The number of nitrogens with zero attached hydrogens (tertiary/aromatic N) is 2. The summed E-state index contributed by atoms with van der Waals surface area (Å²) < 4.78 is 6.27.